The fraction of sp³-hybridized carbons (Fsp3) is 0.348. The average molecular weight is 441 g/mol. The van der Waals surface area contributed by atoms with Gasteiger partial charge in [0.25, 0.3) is 5.56 Å². The van der Waals surface area contributed by atoms with Gasteiger partial charge in [-0.1, -0.05) is 18.2 Å². The van der Waals surface area contributed by atoms with Gasteiger partial charge in [0.1, 0.15) is 5.65 Å². The van der Waals surface area contributed by atoms with Crippen LogP contribution >= 0.6 is 0 Å². The Morgan fingerprint density at radius 1 is 1.06 bits per heavy atom. The van der Waals surface area contributed by atoms with Crippen molar-refractivity contribution in [3.63, 3.8) is 0 Å². The van der Waals surface area contributed by atoms with Crippen molar-refractivity contribution < 1.29 is 13.2 Å². The van der Waals surface area contributed by atoms with Gasteiger partial charge in [-0.3, -0.25) is 4.79 Å². The number of anilines is 1. The molecule has 1 aliphatic heterocycles. The third-order valence-corrected chi connectivity index (χ3v) is 6.15. The molecule has 0 N–H and O–H groups in total. The molecule has 166 valence electrons. The average Bonchev–Trinajstić information content (AvgIpc) is 3.21. The number of aryl methyl sites for hydroxylation is 2. The predicted molar refractivity (Wildman–Crippen MR) is 116 cm³/mol. The largest absolute Gasteiger partial charge is 0.391 e. The van der Waals surface area contributed by atoms with Crippen LogP contribution in [0.25, 0.3) is 16.4 Å². The molecule has 0 spiro atoms. The Labute approximate surface area is 181 Å². The highest BCUT2D eigenvalue weighted by Gasteiger charge is 2.41. The Kier molecular flexibility index (Phi) is 5.11. The Morgan fingerprint density at radius 2 is 1.88 bits per heavy atom. The summed E-state index contributed by atoms with van der Waals surface area (Å²) < 4.78 is 42.5. The maximum absolute atomic E-state index is 13.3. The maximum atomic E-state index is 13.3. The SMILES string of the molecule is O=c1c2c(N3CCC(C(F)(F)F)CC3)cccc2cnn1CCc1cn2ccccc2n1. The van der Waals surface area contributed by atoms with Crippen LogP contribution in [-0.4, -0.2) is 38.4 Å². The summed E-state index contributed by atoms with van der Waals surface area (Å²) >= 11 is 0. The van der Waals surface area contributed by atoms with Gasteiger partial charge in [0.2, 0.25) is 0 Å². The van der Waals surface area contributed by atoms with Crippen molar-refractivity contribution in [1.29, 1.82) is 0 Å². The minimum Gasteiger partial charge on any atom is -0.371 e. The zero-order valence-electron chi connectivity index (χ0n) is 17.3. The molecule has 1 aromatic carbocycles. The van der Waals surface area contributed by atoms with Crippen LogP contribution in [0.4, 0.5) is 18.9 Å². The number of nitrogens with zero attached hydrogens (tertiary/aromatic N) is 5. The number of aromatic nitrogens is 4. The first-order valence-electron chi connectivity index (χ1n) is 10.6. The van der Waals surface area contributed by atoms with Gasteiger partial charge in [0.05, 0.1) is 35.4 Å². The number of benzene rings is 1. The van der Waals surface area contributed by atoms with Crippen LogP contribution in [0.5, 0.6) is 0 Å². The van der Waals surface area contributed by atoms with Gasteiger partial charge >= 0.3 is 6.18 Å². The highest BCUT2D eigenvalue weighted by Crippen LogP contribution is 2.36. The van der Waals surface area contributed by atoms with Crippen molar-refractivity contribution in [2.75, 3.05) is 18.0 Å². The fourth-order valence-corrected chi connectivity index (χ4v) is 4.41. The Balaban J connectivity index is 1.41. The summed E-state index contributed by atoms with van der Waals surface area (Å²) in [7, 11) is 0. The summed E-state index contributed by atoms with van der Waals surface area (Å²) in [6.45, 7) is 0.905. The smallest absolute Gasteiger partial charge is 0.371 e. The Hall–Kier alpha value is -3.36. The van der Waals surface area contributed by atoms with E-state index in [0.29, 0.717) is 29.4 Å². The number of piperidine rings is 1. The molecule has 6 nitrogen and oxygen atoms in total. The second kappa shape index (κ2) is 7.96. The lowest BCUT2D eigenvalue weighted by molar-refractivity contribution is -0.179. The number of halogens is 3. The summed E-state index contributed by atoms with van der Waals surface area (Å²) in [4.78, 5) is 19.7. The molecule has 0 aliphatic carbocycles. The first-order chi connectivity index (χ1) is 15.4. The third-order valence-electron chi connectivity index (χ3n) is 6.15. The van der Waals surface area contributed by atoms with Crippen molar-refractivity contribution in [2.45, 2.75) is 32.0 Å². The van der Waals surface area contributed by atoms with E-state index >= 15 is 0 Å². The third kappa shape index (κ3) is 3.83. The molecule has 9 heteroatoms. The second-order valence-electron chi connectivity index (χ2n) is 8.17. The molecule has 4 heterocycles. The van der Waals surface area contributed by atoms with Crippen LogP contribution in [0.15, 0.2) is 59.8 Å². The van der Waals surface area contributed by atoms with Crippen LogP contribution in [0.1, 0.15) is 18.5 Å². The van der Waals surface area contributed by atoms with Crippen molar-refractivity contribution in [3.8, 4) is 0 Å². The van der Waals surface area contributed by atoms with Gasteiger partial charge in [-0.25, -0.2) is 9.67 Å². The molecule has 1 fully saturated rings. The van der Waals surface area contributed by atoms with E-state index in [0.717, 1.165) is 11.3 Å². The van der Waals surface area contributed by atoms with E-state index in [2.05, 4.69) is 10.1 Å². The van der Waals surface area contributed by atoms with Gasteiger partial charge in [0.15, 0.2) is 0 Å². The lowest BCUT2D eigenvalue weighted by Gasteiger charge is -2.34. The molecule has 3 aromatic heterocycles. The molecule has 1 aliphatic rings. The molecule has 0 bridgehead atoms. The quantitative estimate of drug-likeness (QED) is 0.479. The summed E-state index contributed by atoms with van der Waals surface area (Å²) in [5.41, 5.74) is 2.13. The second-order valence-corrected chi connectivity index (χ2v) is 8.17. The van der Waals surface area contributed by atoms with Crippen LogP contribution in [0, 0.1) is 5.92 Å². The molecule has 0 atom stereocenters. The first-order valence-corrected chi connectivity index (χ1v) is 10.6. The highest BCUT2D eigenvalue weighted by molar-refractivity contribution is 5.93. The monoisotopic (exact) mass is 441 g/mol. The lowest BCUT2D eigenvalue weighted by atomic mass is 9.95. The molecular formula is C23H22F3N5O. The van der Waals surface area contributed by atoms with Crippen LogP contribution in [-0.2, 0) is 13.0 Å². The minimum atomic E-state index is -4.17. The van der Waals surface area contributed by atoms with E-state index in [1.807, 2.05) is 58.1 Å². The number of pyridine rings is 1. The number of rotatable bonds is 4. The molecule has 0 radical (unpaired) electrons. The Morgan fingerprint density at radius 3 is 2.62 bits per heavy atom. The van der Waals surface area contributed by atoms with E-state index in [4.69, 9.17) is 0 Å². The van der Waals surface area contributed by atoms with Gasteiger partial charge in [0, 0.05) is 37.3 Å². The molecule has 0 amide bonds. The van der Waals surface area contributed by atoms with E-state index in [9.17, 15) is 18.0 Å². The number of hydrogen-bond donors (Lipinski definition) is 0. The van der Waals surface area contributed by atoms with Crippen LogP contribution in [0.2, 0.25) is 0 Å². The maximum Gasteiger partial charge on any atom is 0.391 e. The molecule has 1 saturated heterocycles. The lowest BCUT2D eigenvalue weighted by Crippen LogP contribution is -2.39. The van der Waals surface area contributed by atoms with Gasteiger partial charge in [-0.05, 0) is 31.0 Å². The van der Waals surface area contributed by atoms with Gasteiger partial charge in [-0.2, -0.15) is 18.3 Å². The molecule has 0 unspecified atom stereocenters. The number of hydrogen-bond acceptors (Lipinski definition) is 4. The van der Waals surface area contributed by atoms with Crippen molar-refractivity contribution in [1.82, 2.24) is 19.2 Å². The summed E-state index contributed by atoms with van der Waals surface area (Å²) in [5, 5.41) is 5.50. The minimum absolute atomic E-state index is 0.0348. The van der Waals surface area contributed by atoms with Crippen LogP contribution < -0.4 is 10.5 Å². The van der Waals surface area contributed by atoms with E-state index in [-0.39, 0.29) is 31.5 Å². The number of fused-ring (bicyclic) bond motifs is 2. The standard InChI is InChI=1S/C23H22F3N5O/c24-23(25,26)17-7-11-29(12-8-17)19-5-3-4-16-14-27-31(22(32)21(16)19)13-9-18-15-30-10-2-1-6-20(30)28-18/h1-6,10,14-15,17H,7-9,11-13H2. The van der Waals surface area contributed by atoms with E-state index in [1.54, 1.807) is 6.20 Å². The molecule has 4 aromatic rings. The number of imidazole rings is 1. The molecule has 32 heavy (non-hydrogen) atoms. The van der Waals surface area contributed by atoms with E-state index < -0.39 is 12.1 Å². The topological polar surface area (TPSA) is 55.4 Å². The van der Waals surface area contributed by atoms with Crippen molar-refractivity contribution in [3.05, 3.63) is 71.0 Å². The van der Waals surface area contributed by atoms with Crippen molar-refractivity contribution >= 4 is 22.1 Å². The first kappa shape index (κ1) is 20.5. The summed E-state index contributed by atoms with van der Waals surface area (Å²) in [6, 6.07) is 11.2. The zero-order chi connectivity index (χ0) is 22.3. The number of alkyl halides is 3. The van der Waals surface area contributed by atoms with Gasteiger partial charge in [-0.15, -0.1) is 0 Å². The van der Waals surface area contributed by atoms with Crippen molar-refractivity contribution in [2.24, 2.45) is 5.92 Å². The summed E-state index contributed by atoms with van der Waals surface area (Å²) in [5.74, 6) is -1.28. The normalized spacial score (nSPS) is 15.7. The molecule has 5 rings (SSSR count). The highest BCUT2D eigenvalue weighted by atomic mass is 19.4. The van der Waals surface area contributed by atoms with E-state index in [1.165, 1.54) is 4.68 Å². The summed E-state index contributed by atoms with van der Waals surface area (Å²) in [6.07, 6.45) is 1.93. The van der Waals surface area contributed by atoms with Gasteiger partial charge < -0.3 is 9.30 Å². The fourth-order valence-electron chi connectivity index (χ4n) is 4.41. The molecule has 0 saturated carbocycles. The zero-order valence-corrected chi connectivity index (χ0v) is 17.3. The predicted octanol–water partition coefficient (Wildman–Crippen LogP) is 4.07. The van der Waals surface area contributed by atoms with Crippen LogP contribution in [0.3, 0.4) is 0 Å². The Bertz CT molecular complexity index is 1290. The molecular weight excluding hydrogens is 419 g/mol.